The fourth-order valence-electron chi connectivity index (χ4n) is 1.05. The summed E-state index contributed by atoms with van der Waals surface area (Å²) in [6.45, 7) is 8.21. The summed E-state index contributed by atoms with van der Waals surface area (Å²) in [7, 11) is 0. The van der Waals surface area contributed by atoms with Crippen LogP contribution >= 0.6 is 0 Å². The molecule has 1 atom stereocenters. The number of nitrogens with zero attached hydrogens (tertiary/aromatic N) is 1. The van der Waals surface area contributed by atoms with Crippen molar-refractivity contribution in [2.45, 2.75) is 34.1 Å². The maximum Gasteiger partial charge on any atom is 0.176 e. The number of rotatable bonds is 5. The van der Waals surface area contributed by atoms with E-state index in [1.165, 1.54) is 0 Å². The molecule has 0 spiro atoms. The number of nitriles is 1. The standard InChI is InChI=1S/C10H18N2O/c1-8(5-6-12-7-11)10(3,4)9(2)13/h8,12H,5-6H2,1-4H3/t8-/m0/s1. The predicted molar refractivity (Wildman–Crippen MR) is 51.9 cm³/mol. The number of nitrogens with one attached hydrogen (secondary N) is 1. The largest absolute Gasteiger partial charge is 0.324 e. The van der Waals surface area contributed by atoms with E-state index in [0.717, 1.165) is 6.42 Å². The molecule has 0 radical (unpaired) electrons. The average Bonchev–Trinajstić information content (AvgIpc) is 2.04. The van der Waals surface area contributed by atoms with Crippen LogP contribution in [0.25, 0.3) is 0 Å². The summed E-state index contributed by atoms with van der Waals surface area (Å²) in [6, 6.07) is 0. The Labute approximate surface area is 80.1 Å². The Kier molecular flexibility index (Phi) is 4.47. The maximum absolute atomic E-state index is 11.3. The van der Waals surface area contributed by atoms with Crippen LogP contribution in [-0.2, 0) is 4.79 Å². The Hall–Kier alpha value is -1.04. The molecule has 0 heterocycles. The summed E-state index contributed by atoms with van der Waals surface area (Å²) in [4.78, 5) is 11.3. The highest BCUT2D eigenvalue weighted by molar-refractivity contribution is 5.81. The monoisotopic (exact) mass is 182 g/mol. The van der Waals surface area contributed by atoms with Gasteiger partial charge >= 0.3 is 0 Å². The van der Waals surface area contributed by atoms with Crippen molar-refractivity contribution in [2.24, 2.45) is 11.3 Å². The molecule has 0 saturated carbocycles. The highest BCUT2D eigenvalue weighted by atomic mass is 16.1. The van der Waals surface area contributed by atoms with E-state index in [0.29, 0.717) is 12.5 Å². The lowest BCUT2D eigenvalue weighted by Crippen LogP contribution is -2.31. The fourth-order valence-corrected chi connectivity index (χ4v) is 1.05. The molecule has 0 aromatic heterocycles. The molecular formula is C10H18N2O. The van der Waals surface area contributed by atoms with Gasteiger partial charge in [0.15, 0.2) is 6.19 Å². The van der Waals surface area contributed by atoms with Crippen molar-refractivity contribution in [3.8, 4) is 6.19 Å². The molecular weight excluding hydrogens is 164 g/mol. The van der Waals surface area contributed by atoms with Crippen molar-refractivity contribution < 1.29 is 4.79 Å². The van der Waals surface area contributed by atoms with Gasteiger partial charge in [0.25, 0.3) is 0 Å². The zero-order chi connectivity index (χ0) is 10.5. The van der Waals surface area contributed by atoms with Gasteiger partial charge in [-0.05, 0) is 19.3 Å². The second-order valence-electron chi connectivity index (χ2n) is 4.01. The van der Waals surface area contributed by atoms with Crippen molar-refractivity contribution in [2.75, 3.05) is 6.54 Å². The SMILES string of the molecule is CC(=O)C(C)(C)[C@@H](C)CCNC#N. The van der Waals surface area contributed by atoms with Gasteiger partial charge in [0.1, 0.15) is 5.78 Å². The van der Waals surface area contributed by atoms with E-state index in [1.54, 1.807) is 6.92 Å². The van der Waals surface area contributed by atoms with Crippen LogP contribution < -0.4 is 5.32 Å². The number of ketones is 1. The van der Waals surface area contributed by atoms with Gasteiger partial charge in [-0.3, -0.25) is 4.79 Å². The normalized spacial score (nSPS) is 13.2. The van der Waals surface area contributed by atoms with Crippen molar-refractivity contribution in [3.63, 3.8) is 0 Å². The molecule has 0 aromatic rings. The minimum absolute atomic E-state index is 0.206. The molecule has 0 aliphatic rings. The number of carbonyl (C=O) groups is 1. The quantitative estimate of drug-likeness (QED) is 0.400. The number of Topliss-reactive ketones (excluding diaryl/α,β-unsaturated/α-hetero) is 1. The first-order chi connectivity index (χ1) is 5.92. The van der Waals surface area contributed by atoms with Gasteiger partial charge in [0, 0.05) is 12.0 Å². The van der Waals surface area contributed by atoms with Crippen LogP contribution in [0.5, 0.6) is 0 Å². The third-order valence-corrected chi connectivity index (χ3v) is 2.92. The van der Waals surface area contributed by atoms with Gasteiger partial charge in [0.05, 0.1) is 0 Å². The van der Waals surface area contributed by atoms with Crippen LogP contribution in [0.3, 0.4) is 0 Å². The van der Waals surface area contributed by atoms with E-state index in [1.807, 2.05) is 27.0 Å². The third-order valence-electron chi connectivity index (χ3n) is 2.92. The van der Waals surface area contributed by atoms with Gasteiger partial charge in [-0.2, -0.15) is 5.26 Å². The molecule has 13 heavy (non-hydrogen) atoms. The van der Waals surface area contributed by atoms with Gasteiger partial charge in [-0.25, -0.2) is 0 Å². The summed E-state index contributed by atoms with van der Waals surface area (Å²) in [5.41, 5.74) is -0.281. The minimum Gasteiger partial charge on any atom is -0.324 e. The van der Waals surface area contributed by atoms with Crippen LogP contribution in [0.2, 0.25) is 0 Å². The van der Waals surface area contributed by atoms with Gasteiger partial charge in [-0.1, -0.05) is 20.8 Å². The Morgan fingerprint density at radius 2 is 2.15 bits per heavy atom. The van der Waals surface area contributed by atoms with E-state index in [2.05, 4.69) is 5.32 Å². The number of hydrogen-bond donors (Lipinski definition) is 1. The molecule has 0 saturated heterocycles. The lowest BCUT2D eigenvalue weighted by atomic mass is 9.75. The fraction of sp³-hybridized carbons (Fsp3) is 0.800. The summed E-state index contributed by atoms with van der Waals surface area (Å²) in [5.74, 6) is 0.503. The van der Waals surface area contributed by atoms with Crippen LogP contribution in [0.1, 0.15) is 34.1 Å². The average molecular weight is 182 g/mol. The number of carbonyl (C=O) groups excluding carboxylic acids is 1. The Balaban J connectivity index is 4.03. The summed E-state index contributed by atoms with van der Waals surface area (Å²) in [6.07, 6.45) is 2.72. The van der Waals surface area contributed by atoms with Crippen LogP contribution in [-0.4, -0.2) is 12.3 Å². The molecule has 3 heteroatoms. The molecule has 0 amide bonds. The highest BCUT2D eigenvalue weighted by Gasteiger charge is 2.29. The van der Waals surface area contributed by atoms with Crippen LogP contribution in [0.15, 0.2) is 0 Å². The van der Waals surface area contributed by atoms with Crippen molar-refractivity contribution in [3.05, 3.63) is 0 Å². The zero-order valence-corrected chi connectivity index (χ0v) is 8.85. The Bertz CT molecular complexity index is 215. The van der Waals surface area contributed by atoms with E-state index in [4.69, 9.17) is 5.26 Å². The smallest absolute Gasteiger partial charge is 0.176 e. The molecule has 0 bridgehead atoms. The molecule has 0 aromatic carbocycles. The van der Waals surface area contributed by atoms with Crippen LogP contribution in [0, 0.1) is 22.8 Å². The van der Waals surface area contributed by atoms with Crippen molar-refractivity contribution in [1.29, 1.82) is 5.26 Å². The maximum atomic E-state index is 11.3. The molecule has 0 aliphatic carbocycles. The summed E-state index contributed by atoms with van der Waals surface area (Å²) >= 11 is 0. The van der Waals surface area contributed by atoms with Gasteiger partial charge in [0.2, 0.25) is 0 Å². The Morgan fingerprint density at radius 3 is 2.54 bits per heavy atom. The third kappa shape index (κ3) is 3.45. The minimum atomic E-state index is -0.281. The van der Waals surface area contributed by atoms with Gasteiger partial charge in [-0.15, -0.1) is 0 Å². The summed E-state index contributed by atoms with van der Waals surface area (Å²) in [5, 5.41) is 10.8. The lowest BCUT2D eigenvalue weighted by molar-refractivity contribution is -0.127. The topological polar surface area (TPSA) is 52.9 Å². The van der Waals surface area contributed by atoms with E-state index < -0.39 is 0 Å². The molecule has 0 rings (SSSR count). The lowest BCUT2D eigenvalue weighted by Gasteiger charge is -2.28. The number of hydrogen-bond acceptors (Lipinski definition) is 3. The molecule has 1 N–H and O–H groups in total. The summed E-state index contributed by atoms with van der Waals surface area (Å²) < 4.78 is 0. The molecule has 74 valence electrons. The van der Waals surface area contributed by atoms with E-state index in [9.17, 15) is 4.79 Å². The van der Waals surface area contributed by atoms with Crippen molar-refractivity contribution in [1.82, 2.24) is 5.32 Å². The Morgan fingerprint density at radius 1 is 1.62 bits per heavy atom. The predicted octanol–water partition coefficient (Wildman–Crippen LogP) is 1.70. The molecule has 3 nitrogen and oxygen atoms in total. The van der Waals surface area contributed by atoms with Crippen molar-refractivity contribution >= 4 is 5.78 Å². The molecule has 0 unspecified atom stereocenters. The second kappa shape index (κ2) is 4.86. The second-order valence-corrected chi connectivity index (χ2v) is 4.01. The first-order valence-electron chi connectivity index (χ1n) is 4.56. The van der Waals surface area contributed by atoms with E-state index in [-0.39, 0.29) is 11.2 Å². The van der Waals surface area contributed by atoms with Gasteiger partial charge < -0.3 is 5.32 Å². The first kappa shape index (κ1) is 12.0. The van der Waals surface area contributed by atoms with Crippen LogP contribution in [0.4, 0.5) is 0 Å². The van der Waals surface area contributed by atoms with E-state index >= 15 is 0 Å². The first-order valence-corrected chi connectivity index (χ1v) is 4.56. The highest BCUT2D eigenvalue weighted by Crippen LogP contribution is 2.29. The zero-order valence-electron chi connectivity index (χ0n) is 8.85. The molecule has 0 aliphatic heterocycles. The molecule has 0 fully saturated rings.